The van der Waals surface area contributed by atoms with Crippen LogP contribution in [0.2, 0.25) is 0 Å². The Bertz CT molecular complexity index is 1230. The quantitative estimate of drug-likeness (QED) is 0.376. The van der Waals surface area contributed by atoms with Crippen LogP contribution in [0.1, 0.15) is 71.1 Å². The van der Waals surface area contributed by atoms with E-state index >= 15 is 0 Å². The van der Waals surface area contributed by atoms with Crippen LogP contribution < -0.4 is 20.1 Å². The van der Waals surface area contributed by atoms with Gasteiger partial charge in [-0.05, 0) is 77.0 Å². The van der Waals surface area contributed by atoms with Crippen molar-refractivity contribution in [2.24, 2.45) is 11.8 Å². The van der Waals surface area contributed by atoms with E-state index in [-0.39, 0.29) is 23.7 Å². The SMILES string of the molecule is COc1ccc(OC)c2c1CCC(C(=O)N[C@@H](Cc1ccccc1)C(=O)NC(CC(C)C)B1OC(C)(C)C(C)(C)O1)C2. The first-order valence-corrected chi connectivity index (χ1v) is 15.1. The van der Waals surface area contributed by atoms with Crippen molar-refractivity contribution in [3.8, 4) is 11.5 Å². The molecular weight excluding hydrogens is 531 g/mol. The molecule has 2 aliphatic rings. The first-order chi connectivity index (χ1) is 19.8. The maximum Gasteiger partial charge on any atom is 0.481 e. The third-order valence-electron chi connectivity index (χ3n) is 8.92. The number of carbonyl (C=O) groups excluding carboxylic acids is 2. The van der Waals surface area contributed by atoms with Gasteiger partial charge in [-0.1, -0.05) is 44.2 Å². The number of amides is 2. The Morgan fingerprint density at radius 3 is 2.10 bits per heavy atom. The fourth-order valence-electron chi connectivity index (χ4n) is 5.85. The molecule has 1 saturated heterocycles. The predicted octanol–water partition coefficient (Wildman–Crippen LogP) is 4.70. The molecule has 2 amide bonds. The second-order valence-electron chi connectivity index (χ2n) is 13.0. The largest absolute Gasteiger partial charge is 0.496 e. The second kappa shape index (κ2) is 13.1. The Kier molecular flexibility index (Phi) is 9.94. The molecule has 3 atom stereocenters. The number of hydrogen-bond acceptors (Lipinski definition) is 6. The smallest absolute Gasteiger partial charge is 0.481 e. The molecule has 9 heteroatoms. The zero-order valence-electron chi connectivity index (χ0n) is 26.4. The molecule has 1 aliphatic heterocycles. The number of nitrogens with one attached hydrogen (secondary N) is 2. The van der Waals surface area contributed by atoms with E-state index in [0.29, 0.717) is 38.0 Å². The number of carbonyl (C=O) groups is 2. The summed E-state index contributed by atoms with van der Waals surface area (Å²) in [5.74, 6) is 0.809. The standard InChI is InChI=1S/C33H47BN2O6/c1-21(2)18-29(34-41-32(3,4)33(5,6)42-34)36-31(38)26(19-22-12-10-9-11-13-22)35-30(37)23-14-15-24-25(20-23)28(40-8)17-16-27(24)39-7/h9-13,16-17,21,23,26,29H,14-15,18-20H2,1-8H3,(H,35,37)(H,36,38)/t23?,26-,29?/m0/s1. The van der Waals surface area contributed by atoms with Crippen LogP contribution in [-0.2, 0) is 38.2 Å². The van der Waals surface area contributed by atoms with E-state index in [1.54, 1.807) is 14.2 Å². The van der Waals surface area contributed by atoms with Crippen molar-refractivity contribution >= 4 is 18.9 Å². The molecule has 4 rings (SSSR count). The molecule has 2 N–H and O–H groups in total. The van der Waals surface area contributed by atoms with Crippen molar-refractivity contribution in [1.29, 1.82) is 0 Å². The van der Waals surface area contributed by atoms with Gasteiger partial charge in [0.25, 0.3) is 0 Å². The molecule has 0 spiro atoms. The Morgan fingerprint density at radius 2 is 1.52 bits per heavy atom. The second-order valence-corrected chi connectivity index (χ2v) is 13.0. The minimum atomic E-state index is -0.759. The lowest BCUT2D eigenvalue weighted by Gasteiger charge is -2.32. The van der Waals surface area contributed by atoms with Gasteiger partial charge in [-0.25, -0.2) is 0 Å². The molecule has 0 aromatic heterocycles. The van der Waals surface area contributed by atoms with Crippen molar-refractivity contribution in [3.05, 3.63) is 59.2 Å². The maximum absolute atomic E-state index is 13.9. The number of rotatable bonds is 11. The Morgan fingerprint density at radius 1 is 0.929 bits per heavy atom. The first kappa shape index (κ1) is 31.9. The molecule has 8 nitrogen and oxygen atoms in total. The molecule has 1 fully saturated rings. The highest BCUT2D eigenvalue weighted by Crippen LogP contribution is 2.39. The van der Waals surface area contributed by atoms with Crippen LogP contribution >= 0.6 is 0 Å². The van der Waals surface area contributed by atoms with E-state index in [2.05, 4.69) is 24.5 Å². The van der Waals surface area contributed by atoms with Crippen molar-refractivity contribution in [1.82, 2.24) is 10.6 Å². The predicted molar refractivity (Wildman–Crippen MR) is 165 cm³/mol. The van der Waals surface area contributed by atoms with Crippen LogP contribution in [-0.4, -0.2) is 56.3 Å². The van der Waals surface area contributed by atoms with Gasteiger partial charge >= 0.3 is 7.12 Å². The van der Waals surface area contributed by atoms with Gasteiger partial charge < -0.3 is 29.4 Å². The topological polar surface area (TPSA) is 95.1 Å². The lowest BCUT2D eigenvalue weighted by molar-refractivity contribution is -0.131. The van der Waals surface area contributed by atoms with Crippen LogP contribution in [0.5, 0.6) is 11.5 Å². The van der Waals surface area contributed by atoms with Gasteiger partial charge in [-0.2, -0.15) is 0 Å². The van der Waals surface area contributed by atoms with Crippen LogP contribution in [0.25, 0.3) is 0 Å². The molecule has 2 unspecified atom stereocenters. The Hall–Kier alpha value is -3.04. The summed E-state index contributed by atoms with van der Waals surface area (Å²) < 4.78 is 23.8. The van der Waals surface area contributed by atoms with Crippen LogP contribution in [0.3, 0.4) is 0 Å². The molecule has 1 aliphatic carbocycles. The number of hydrogen-bond donors (Lipinski definition) is 2. The highest BCUT2D eigenvalue weighted by atomic mass is 16.7. The summed E-state index contributed by atoms with van der Waals surface area (Å²) in [5, 5.41) is 6.31. The summed E-state index contributed by atoms with van der Waals surface area (Å²) in [7, 11) is 2.70. The van der Waals surface area contributed by atoms with E-state index in [0.717, 1.165) is 28.2 Å². The normalized spacial score (nSPS) is 20.4. The van der Waals surface area contributed by atoms with Gasteiger partial charge in [-0.3, -0.25) is 9.59 Å². The number of benzene rings is 2. The van der Waals surface area contributed by atoms with Crippen molar-refractivity contribution < 1.29 is 28.4 Å². The molecule has 2 aromatic rings. The molecule has 1 heterocycles. The Balaban J connectivity index is 1.54. The Labute approximate surface area is 251 Å². The molecule has 0 radical (unpaired) electrons. The van der Waals surface area contributed by atoms with Gasteiger partial charge in [0.15, 0.2) is 0 Å². The third-order valence-corrected chi connectivity index (χ3v) is 8.92. The first-order valence-electron chi connectivity index (χ1n) is 15.1. The molecule has 0 bridgehead atoms. The highest BCUT2D eigenvalue weighted by Gasteiger charge is 2.54. The van der Waals surface area contributed by atoms with Gasteiger partial charge in [0.2, 0.25) is 11.8 Å². The van der Waals surface area contributed by atoms with Gasteiger partial charge in [0, 0.05) is 23.5 Å². The van der Waals surface area contributed by atoms with Crippen molar-refractivity contribution in [3.63, 3.8) is 0 Å². The summed E-state index contributed by atoms with van der Waals surface area (Å²) in [4.78, 5) is 27.7. The lowest BCUT2D eigenvalue weighted by atomic mass is 9.73. The molecule has 0 saturated carbocycles. The minimum absolute atomic E-state index is 0.141. The van der Waals surface area contributed by atoms with Gasteiger partial charge in [-0.15, -0.1) is 0 Å². The number of fused-ring (bicyclic) bond motifs is 1. The van der Waals surface area contributed by atoms with Crippen molar-refractivity contribution in [2.75, 3.05) is 14.2 Å². The number of ether oxygens (including phenoxy) is 2. The summed E-state index contributed by atoms with van der Waals surface area (Å²) in [6, 6.07) is 12.8. The lowest BCUT2D eigenvalue weighted by Crippen LogP contribution is -2.56. The molecule has 42 heavy (non-hydrogen) atoms. The molecule has 228 valence electrons. The average molecular weight is 579 g/mol. The van der Waals surface area contributed by atoms with E-state index in [4.69, 9.17) is 18.8 Å². The zero-order chi connectivity index (χ0) is 30.7. The van der Waals surface area contributed by atoms with Crippen molar-refractivity contribution in [2.45, 2.75) is 96.8 Å². The minimum Gasteiger partial charge on any atom is -0.496 e. The van der Waals surface area contributed by atoms with E-state index in [9.17, 15) is 9.59 Å². The van der Waals surface area contributed by atoms with Gasteiger partial charge in [0.1, 0.15) is 17.5 Å². The summed E-state index contributed by atoms with van der Waals surface area (Å²) in [5.41, 5.74) is 2.00. The molecular formula is C33H47BN2O6. The monoisotopic (exact) mass is 578 g/mol. The summed E-state index contributed by atoms with van der Waals surface area (Å²) in [6.45, 7) is 12.2. The van der Waals surface area contributed by atoms with Gasteiger partial charge in [0.05, 0.1) is 31.4 Å². The zero-order valence-corrected chi connectivity index (χ0v) is 26.4. The maximum atomic E-state index is 13.9. The summed E-state index contributed by atoms with van der Waals surface area (Å²) >= 11 is 0. The van der Waals surface area contributed by atoms with Crippen LogP contribution in [0.15, 0.2) is 42.5 Å². The van der Waals surface area contributed by atoms with Crippen LogP contribution in [0.4, 0.5) is 0 Å². The summed E-state index contributed by atoms with van der Waals surface area (Å²) in [6.07, 6.45) is 2.92. The van der Waals surface area contributed by atoms with Crippen LogP contribution in [0, 0.1) is 11.8 Å². The van der Waals surface area contributed by atoms with E-state index < -0.39 is 24.4 Å². The highest BCUT2D eigenvalue weighted by molar-refractivity contribution is 6.48. The average Bonchev–Trinajstić information content (AvgIpc) is 3.17. The third kappa shape index (κ3) is 7.12. The molecule has 2 aromatic carbocycles. The fourth-order valence-corrected chi connectivity index (χ4v) is 5.85. The fraction of sp³-hybridized carbons (Fsp3) is 0.576. The van der Waals surface area contributed by atoms with E-state index in [1.807, 2.05) is 70.2 Å². The number of methoxy groups -OCH3 is 2. The van der Waals surface area contributed by atoms with E-state index in [1.165, 1.54) is 0 Å².